The van der Waals surface area contributed by atoms with Crippen molar-refractivity contribution in [1.29, 1.82) is 0 Å². The van der Waals surface area contributed by atoms with Crippen LogP contribution >= 0.6 is 0 Å². The Kier molecular flexibility index (Phi) is 2.21. The largest absolute Gasteiger partial charge is 0.481 e. The molecule has 1 saturated carbocycles. The zero-order chi connectivity index (χ0) is 11.1. The highest BCUT2D eigenvalue weighted by molar-refractivity contribution is 5.74. The average Bonchev–Trinajstić information content (AvgIpc) is 2.79. The quantitative estimate of drug-likeness (QED) is 0.833. The number of benzene rings is 1. The van der Waals surface area contributed by atoms with Gasteiger partial charge in [0.05, 0.1) is 5.92 Å². The maximum atomic E-state index is 10.8. The van der Waals surface area contributed by atoms with E-state index in [1.54, 1.807) is 0 Å². The first-order chi connectivity index (χ1) is 7.75. The van der Waals surface area contributed by atoms with Crippen molar-refractivity contribution >= 4 is 5.97 Å². The maximum Gasteiger partial charge on any atom is 0.307 e. The van der Waals surface area contributed by atoms with Crippen molar-refractivity contribution in [3.63, 3.8) is 0 Å². The molecule has 1 aliphatic carbocycles. The molecule has 2 atom stereocenters. The highest BCUT2D eigenvalue weighted by Crippen LogP contribution is 2.51. The van der Waals surface area contributed by atoms with Crippen LogP contribution in [0, 0.1) is 17.8 Å². The van der Waals surface area contributed by atoms with Gasteiger partial charge >= 0.3 is 5.97 Å². The molecule has 0 aromatic heterocycles. The first kappa shape index (κ1) is 9.85. The van der Waals surface area contributed by atoms with Crippen LogP contribution in [0.1, 0.15) is 5.56 Å². The van der Waals surface area contributed by atoms with Crippen molar-refractivity contribution < 1.29 is 9.90 Å². The van der Waals surface area contributed by atoms with Gasteiger partial charge in [0.25, 0.3) is 0 Å². The van der Waals surface area contributed by atoms with E-state index >= 15 is 0 Å². The third-order valence-corrected chi connectivity index (χ3v) is 3.80. The van der Waals surface area contributed by atoms with Crippen LogP contribution in [-0.4, -0.2) is 29.1 Å². The third kappa shape index (κ3) is 1.61. The summed E-state index contributed by atoms with van der Waals surface area (Å²) in [7, 11) is 0. The lowest BCUT2D eigenvalue weighted by Gasteiger charge is -2.18. The summed E-state index contributed by atoms with van der Waals surface area (Å²) in [4.78, 5) is 13.2. The number of rotatable bonds is 3. The summed E-state index contributed by atoms with van der Waals surface area (Å²) in [5, 5.41) is 8.92. The van der Waals surface area contributed by atoms with E-state index in [-0.39, 0.29) is 5.92 Å². The molecule has 2 fully saturated rings. The molecule has 3 rings (SSSR count). The van der Waals surface area contributed by atoms with E-state index in [1.165, 1.54) is 5.56 Å². The smallest absolute Gasteiger partial charge is 0.307 e. The van der Waals surface area contributed by atoms with Crippen molar-refractivity contribution in [2.45, 2.75) is 6.54 Å². The van der Waals surface area contributed by atoms with Gasteiger partial charge in [-0.1, -0.05) is 30.3 Å². The number of carboxylic acids is 1. The number of hydrogen-bond acceptors (Lipinski definition) is 2. The Hall–Kier alpha value is -1.35. The maximum absolute atomic E-state index is 10.8. The molecular weight excluding hydrogens is 202 g/mol. The summed E-state index contributed by atoms with van der Waals surface area (Å²) in [6, 6.07) is 10.4. The number of carboxylic acid groups (broad SMARTS) is 1. The van der Waals surface area contributed by atoms with E-state index in [1.807, 2.05) is 18.2 Å². The zero-order valence-corrected chi connectivity index (χ0v) is 9.04. The molecular formula is C13H15NO2. The molecule has 84 valence electrons. The summed E-state index contributed by atoms with van der Waals surface area (Å²) in [6.07, 6.45) is 0. The van der Waals surface area contributed by atoms with Gasteiger partial charge in [0, 0.05) is 19.6 Å². The number of aliphatic carboxylic acids is 1. The molecule has 3 nitrogen and oxygen atoms in total. The Bertz CT molecular complexity index is 392. The molecule has 0 bridgehead atoms. The zero-order valence-electron chi connectivity index (χ0n) is 9.04. The van der Waals surface area contributed by atoms with Gasteiger partial charge in [0.2, 0.25) is 0 Å². The minimum absolute atomic E-state index is 0.0491. The Labute approximate surface area is 94.7 Å². The summed E-state index contributed by atoms with van der Waals surface area (Å²) in [6.45, 7) is 2.87. The van der Waals surface area contributed by atoms with Crippen LogP contribution in [0.4, 0.5) is 0 Å². The molecule has 1 aliphatic heterocycles. The summed E-state index contributed by atoms with van der Waals surface area (Å²) < 4.78 is 0. The summed E-state index contributed by atoms with van der Waals surface area (Å²) in [5.41, 5.74) is 1.32. The van der Waals surface area contributed by atoms with Crippen LogP contribution in [0.15, 0.2) is 30.3 Å². The number of hydrogen-bond donors (Lipinski definition) is 1. The molecule has 0 spiro atoms. The predicted molar refractivity (Wildman–Crippen MR) is 59.8 cm³/mol. The van der Waals surface area contributed by atoms with Crippen LogP contribution in [-0.2, 0) is 11.3 Å². The van der Waals surface area contributed by atoms with E-state index in [2.05, 4.69) is 17.0 Å². The summed E-state index contributed by atoms with van der Waals surface area (Å²) >= 11 is 0. The average molecular weight is 217 g/mol. The van der Waals surface area contributed by atoms with Gasteiger partial charge in [-0.05, 0) is 17.4 Å². The van der Waals surface area contributed by atoms with E-state index in [0.29, 0.717) is 11.8 Å². The van der Waals surface area contributed by atoms with Gasteiger partial charge in [0.1, 0.15) is 0 Å². The Morgan fingerprint density at radius 2 is 1.88 bits per heavy atom. The lowest BCUT2D eigenvalue weighted by molar-refractivity contribution is -0.139. The van der Waals surface area contributed by atoms with E-state index in [9.17, 15) is 4.79 Å². The molecule has 1 N–H and O–H groups in total. The van der Waals surface area contributed by atoms with Crippen LogP contribution in [0.5, 0.6) is 0 Å². The molecule has 1 aromatic rings. The first-order valence-corrected chi connectivity index (χ1v) is 5.75. The lowest BCUT2D eigenvalue weighted by atomic mass is 10.2. The van der Waals surface area contributed by atoms with Crippen LogP contribution in [0.3, 0.4) is 0 Å². The first-order valence-electron chi connectivity index (χ1n) is 5.75. The van der Waals surface area contributed by atoms with Crippen molar-refractivity contribution in [3.05, 3.63) is 35.9 Å². The van der Waals surface area contributed by atoms with Gasteiger partial charge in [-0.25, -0.2) is 0 Å². The Morgan fingerprint density at radius 1 is 1.25 bits per heavy atom. The minimum Gasteiger partial charge on any atom is -0.481 e. The molecule has 3 heteroatoms. The van der Waals surface area contributed by atoms with Crippen molar-refractivity contribution in [2.75, 3.05) is 13.1 Å². The highest BCUT2D eigenvalue weighted by atomic mass is 16.4. The van der Waals surface area contributed by atoms with Gasteiger partial charge in [-0.15, -0.1) is 0 Å². The van der Waals surface area contributed by atoms with Crippen molar-refractivity contribution in [2.24, 2.45) is 17.8 Å². The molecule has 2 aliphatic rings. The normalized spacial score (nSPS) is 32.4. The second kappa shape index (κ2) is 3.59. The number of piperidine rings is 1. The fourth-order valence-electron chi connectivity index (χ4n) is 2.95. The van der Waals surface area contributed by atoms with Crippen LogP contribution in [0.25, 0.3) is 0 Å². The molecule has 1 saturated heterocycles. The molecule has 2 unspecified atom stereocenters. The number of nitrogens with zero attached hydrogens (tertiary/aromatic N) is 1. The third-order valence-electron chi connectivity index (χ3n) is 3.80. The molecule has 16 heavy (non-hydrogen) atoms. The fourth-order valence-corrected chi connectivity index (χ4v) is 2.95. The lowest BCUT2D eigenvalue weighted by Crippen LogP contribution is -2.25. The number of likely N-dealkylation sites (tertiary alicyclic amines) is 1. The molecule has 0 radical (unpaired) electrons. The number of carbonyl (C=O) groups is 1. The molecule has 1 heterocycles. The fraction of sp³-hybridized carbons (Fsp3) is 0.462. The Balaban J connectivity index is 1.57. The van der Waals surface area contributed by atoms with Gasteiger partial charge in [-0.3, -0.25) is 9.69 Å². The molecule has 0 amide bonds. The number of fused-ring (bicyclic) bond motifs is 1. The van der Waals surface area contributed by atoms with E-state index in [0.717, 1.165) is 19.6 Å². The molecule has 1 aromatic carbocycles. The SMILES string of the molecule is O=C(O)C1C2CN(Cc3ccccc3)CC21. The standard InChI is InChI=1S/C13H15NO2/c15-13(16)12-10-7-14(8-11(10)12)6-9-4-2-1-3-5-9/h1-5,10-12H,6-8H2,(H,15,16). The van der Waals surface area contributed by atoms with E-state index < -0.39 is 5.97 Å². The van der Waals surface area contributed by atoms with Gasteiger partial charge in [-0.2, -0.15) is 0 Å². The second-order valence-corrected chi connectivity index (χ2v) is 4.87. The monoisotopic (exact) mass is 217 g/mol. The van der Waals surface area contributed by atoms with Crippen LogP contribution < -0.4 is 0 Å². The minimum atomic E-state index is -0.602. The second-order valence-electron chi connectivity index (χ2n) is 4.87. The van der Waals surface area contributed by atoms with Gasteiger partial charge < -0.3 is 5.11 Å². The van der Waals surface area contributed by atoms with Crippen molar-refractivity contribution in [3.8, 4) is 0 Å². The predicted octanol–water partition coefficient (Wildman–Crippen LogP) is 1.45. The summed E-state index contributed by atoms with van der Waals surface area (Å²) in [5.74, 6) is 0.184. The van der Waals surface area contributed by atoms with E-state index in [4.69, 9.17) is 5.11 Å². The van der Waals surface area contributed by atoms with Crippen LogP contribution in [0.2, 0.25) is 0 Å². The highest BCUT2D eigenvalue weighted by Gasteiger charge is 2.59. The topological polar surface area (TPSA) is 40.5 Å². The Morgan fingerprint density at radius 3 is 2.44 bits per heavy atom. The van der Waals surface area contributed by atoms with Crippen molar-refractivity contribution in [1.82, 2.24) is 4.90 Å². The van der Waals surface area contributed by atoms with Gasteiger partial charge in [0.15, 0.2) is 0 Å².